The van der Waals surface area contributed by atoms with Crippen LogP contribution in [0.2, 0.25) is 0 Å². The van der Waals surface area contributed by atoms with E-state index in [1.54, 1.807) is 0 Å². The Morgan fingerprint density at radius 1 is 0.300 bits per heavy atom. The van der Waals surface area contributed by atoms with Crippen LogP contribution in [0.5, 0.6) is 0 Å². The summed E-state index contributed by atoms with van der Waals surface area (Å²) in [5.74, 6) is 0. The number of hydrogen-bond donors (Lipinski definition) is 0. The van der Waals surface area contributed by atoms with Gasteiger partial charge >= 0.3 is 0 Å². The normalized spacial score (nSPS) is 11.9. The van der Waals surface area contributed by atoms with Gasteiger partial charge in [0.05, 0.1) is 0 Å². The summed E-state index contributed by atoms with van der Waals surface area (Å²) in [5, 5.41) is 10.4. The number of rotatable bonds is 2. The van der Waals surface area contributed by atoms with E-state index in [2.05, 4.69) is 121 Å². The van der Waals surface area contributed by atoms with Crippen LogP contribution in [0.3, 0.4) is 0 Å². The van der Waals surface area contributed by atoms with Gasteiger partial charge in [-0.2, -0.15) is 0 Å². The molecule has 0 bridgehead atoms. The van der Waals surface area contributed by atoms with Crippen LogP contribution in [-0.4, -0.2) is 0 Å². The molecular formula is C30H20. The van der Waals surface area contributed by atoms with Crippen LogP contribution in [0.25, 0.3) is 55.2 Å². The van der Waals surface area contributed by atoms with Crippen molar-refractivity contribution in [1.29, 1.82) is 0 Å². The van der Waals surface area contributed by atoms with Gasteiger partial charge in [0, 0.05) is 0 Å². The molecule has 0 saturated heterocycles. The van der Waals surface area contributed by atoms with Crippen LogP contribution in [0.15, 0.2) is 109 Å². The van der Waals surface area contributed by atoms with Gasteiger partial charge in [0.25, 0.3) is 0 Å². The molecule has 0 nitrogen and oxygen atoms in total. The Hall–Kier alpha value is -3.90. The topological polar surface area (TPSA) is 0 Å². The number of benzene rings is 6. The maximum absolute atomic E-state index is 2.25. The molecule has 0 saturated carbocycles. The maximum Gasteiger partial charge on any atom is -0.00994 e. The lowest BCUT2D eigenvalue weighted by Crippen LogP contribution is -1.83. The van der Waals surface area contributed by atoms with Crippen molar-refractivity contribution in [1.82, 2.24) is 0 Å². The zero-order valence-corrected chi connectivity index (χ0v) is 16.5. The molecule has 0 N–H and O–H groups in total. The molecule has 0 spiro atoms. The van der Waals surface area contributed by atoms with E-state index in [0.717, 1.165) is 0 Å². The fourth-order valence-corrected chi connectivity index (χ4v) is 4.60. The molecule has 0 atom stereocenters. The first-order chi connectivity index (χ1) is 14.9. The maximum atomic E-state index is 2.25. The molecule has 0 radical (unpaired) electrons. The van der Waals surface area contributed by atoms with E-state index in [0.29, 0.717) is 0 Å². The Morgan fingerprint density at radius 3 is 1.23 bits per heavy atom. The average molecular weight is 380 g/mol. The lowest BCUT2D eigenvalue weighted by Gasteiger charge is -2.08. The first-order valence-corrected chi connectivity index (χ1v) is 10.4. The quantitative estimate of drug-likeness (QED) is 0.209. The van der Waals surface area contributed by atoms with Crippen molar-refractivity contribution < 1.29 is 0 Å². The highest BCUT2D eigenvalue weighted by atomic mass is 14.1. The molecule has 0 aliphatic carbocycles. The average Bonchev–Trinajstić information content (AvgIpc) is 2.82. The molecule has 0 heterocycles. The Morgan fingerprint density at radius 2 is 0.733 bits per heavy atom. The van der Waals surface area contributed by atoms with Crippen LogP contribution in [-0.2, 0) is 0 Å². The fraction of sp³-hybridized carbons (Fsp3) is 0. The van der Waals surface area contributed by atoms with E-state index in [4.69, 9.17) is 0 Å². The number of hydrogen-bond acceptors (Lipinski definition) is 0. The summed E-state index contributed by atoms with van der Waals surface area (Å²) in [6.45, 7) is 0. The van der Waals surface area contributed by atoms with Crippen LogP contribution < -0.4 is 0 Å². The summed E-state index contributed by atoms with van der Waals surface area (Å²) >= 11 is 0. The summed E-state index contributed by atoms with van der Waals surface area (Å²) in [6, 6.07) is 39.3. The third kappa shape index (κ3) is 2.69. The van der Waals surface area contributed by atoms with Crippen molar-refractivity contribution in [3.63, 3.8) is 0 Å². The van der Waals surface area contributed by atoms with E-state index in [-0.39, 0.29) is 0 Å². The monoisotopic (exact) mass is 380 g/mol. The SMILES string of the molecule is C(=C/c1cccc2c1ccc1ccccc12)/c1cccc2c1ccc1ccccc12. The molecule has 0 unspecified atom stereocenters. The largest absolute Gasteiger partial charge is 0.0616 e. The van der Waals surface area contributed by atoms with Gasteiger partial charge in [-0.15, -0.1) is 0 Å². The van der Waals surface area contributed by atoms with Crippen LogP contribution in [0, 0.1) is 0 Å². The lowest BCUT2D eigenvalue weighted by atomic mass is 9.96. The van der Waals surface area contributed by atoms with Crippen molar-refractivity contribution in [2.24, 2.45) is 0 Å². The van der Waals surface area contributed by atoms with Crippen molar-refractivity contribution in [3.8, 4) is 0 Å². The molecule has 0 fully saturated rings. The summed E-state index contributed by atoms with van der Waals surface area (Å²) < 4.78 is 0. The highest BCUT2D eigenvalue weighted by molar-refractivity contribution is 6.12. The van der Waals surface area contributed by atoms with Crippen LogP contribution in [0.1, 0.15) is 11.1 Å². The summed E-state index contributed by atoms with van der Waals surface area (Å²) in [7, 11) is 0. The number of fused-ring (bicyclic) bond motifs is 6. The molecule has 0 aliphatic heterocycles. The van der Waals surface area contributed by atoms with E-state index in [9.17, 15) is 0 Å². The predicted octanol–water partition coefficient (Wildman–Crippen LogP) is 8.47. The van der Waals surface area contributed by atoms with Gasteiger partial charge in [-0.05, 0) is 54.2 Å². The van der Waals surface area contributed by atoms with E-state index in [1.807, 2.05) is 0 Å². The minimum Gasteiger partial charge on any atom is -0.0616 e. The molecule has 6 aromatic carbocycles. The molecule has 6 aromatic rings. The molecule has 0 heteroatoms. The lowest BCUT2D eigenvalue weighted by molar-refractivity contribution is 1.72. The first-order valence-electron chi connectivity index (χ1n) is 10.4. The van der Waals surface area contributed by atoms with Gasteiger partial charge in [-0.1, -0.05) is 121 Å². The van der Waals surface area contributed by atoms with E-state index < -0.39 is 0 Å². The third-order valence-corrected chi connectivity index (χ3v) is 6.08. The highest BCUT2D eigenvalue weighted by Crippen LogP contribution is 2.31. The minimum absolute atomic E-state index is 1.25. The van der Waals surface area contributed by atoms with Gasteiger partial charge in [0.2, 0.25) is 0 Å². The summed E-state index contributed by atoms with van der Waals surface area (Å²) in [4.78, 5) is 0. The van der Waals surface area contributed by atoms with E-state index in [1.165, 1.54) is 54.2 Å². The molecule has 30 heavy (non-hydrogen) atoms. The Bertz CT molecular complexity index is 1460. The van der Waals surface area contributed by atoms with Crippen molar-refractivity contribution in [2.75, 3.05) is 0 Å². The van der Waals surface area contributed by atoms with Gasteiger partial charge in [-0.25, -0.2) is 0 Å². The standard InChI is InChI=1S/C30H20/c1-3-11-25-21(7-1)17-19-27-23(9-5-13-29(25)27)15-16-24-10-6-14-30-26-12-4-2-8-22(26)18-20-28(24)30/h1-20H/b16-15-. The summed E-state index contributed by atoms with van der Waals surface area (Å²) in [5.41, 5.74) is 2.49. The van der Waals surface area contributed by atoms with Gasteiger partial charge in [0.15, 0.2) is 0 Å². The van der Waals surface area contributed by atoms with E-state index >= 15 is 0 Å². The zero-order valence-electron chi connectivity index (χ0n) is 16.5. The van der Waals surface area contributed by atoms with Crippen LogP contribution >= 0.6 is 0 Å². The zero-order chi connectivity index (χ0) is 19.9. The molecular weight excluding hydrogens is 360 g/mol. The smallest absolute Gasteiger partial charge is 0.00994 e. The Labute approximate surface area is 175 Å². The minimum atomic E-state index is 1.25. The highest BCUT2D eigenvalue weighted by Gasteiger charge is 2.05. The molecule has 140 valence electrons. The van der Waals surface area contributed by atoms with Gasteiger partial charge < -0.3 is 0 Å². The Kier molecular flexibility index (Phi) is 3.89. The van der Waals surface area contributed by atoms with Gasteiger partial charge in [0.1, 0.15) is 0 Å². The fourth-order valence-electron chi connectivity index (χ4n) is 4.60. The van der Waals surface area contributed by atoms with Crippen molar-refractivity contribution >= 4 is 55.2 Å². The first kappa shape index (κ1) is 17.0. The second-order valence-electron chi connectivity index (χ2n) is 7.79. The molecule has 6 rings (SSSR count). The third-order valence-electron chi connectivity index (χ3n) is 6.08. The van der Waals surface area contributed by atoms with Gasteiger partial charge in [-0.3, -0.25) is 0 Å². The van der Waals surface area contributed by atoms with Crippen molar-refractivity contribution in [2.45, 2.75) is 0 Å². The summed E-state index contributed by atoms with van der Waals surface area (Å²) in [6.07, 6.45) is 4.50. The van der Waals surface area contributed by atoms with Crippen LogP contribution in [0.4, 0.5) is 0 Å². The molecule has 0 aliphatic rings. The Balaban J connectivity index is 1.52. The molecule has 0 aromatic heterocycles. The van der Waals surface area contributed by atoms with Crippen molar-refractivity contribution in [3.05, 3.63) is 120 Å². The second-order valence-corrected chi connectivity index (χ2v) is 7.79. The second kappa shape index (κ2) is 6.86. The molecule has 0 amide bonds. The predicted molar refractivity (Wildman–Crippen MR) is 132 cm³/mol.